The third kappa shape index (κ3) is 7.15. The van der Waals surface area contributed by atoms with E-state index >= 15 is 0 Å². The molecular weight excluding hydrogens is 458 g/mol. The molecule has 3 aromatic carbocycles. The number of carbonyl (C=O) groups is 2. The van der Waals surface area contributed by atoms with Crippen molar-refractivity contribution in [3.63, 3.8) is 0 Å². The summed E-state index contributed by atoms with van der Waals surface area (Å²) in [4.78, 5) is 27.3. The first-order valence-corrected chi connectivity index (χ1v) is 11.8. The Hall–Kier alpha value is -4.20. The van der Waals surface area contributed by atoms with Crippen LogP contribution in [0.5, 0.6) is 17.2 Å². The van der Waals surface area contributed by atoms with E-state index in [1.807, 2.05) is 12.1 Å². The molecule has 3 aromatic rings. The monoisotopic (exact) mass is 491 g/mol. The fraction of sp³-hybridized carbons (Fsp3) is 0.286. The Labute approximate surface area is 212 Å². The molecule has 0 spiro atoms. The molecule has 2 N–H and O–H groups in total. The Morgan fingerprint density at radius 2 is 1.67 bits per heavy atom. The van der Waals surface area contributed by atoms with E-state index in [9.17, 15) is 9.59 Å². The number of methoxy groups -OCH3 is 2. The second-order valence-corrected chi connectivity index (χ2v) is 8.08. The number of aryl methyl sites for hydroxylation is 1. The second-order valence-electron chi connectivity index (χ2n) is 8.08. The quantitative estimate of drug-likeness (QED) is 0.393. The molecule has 190 valence electrons. The molecule has 3 rings (SSSR count). The molecule has 8 nitrogen and oxygen atoms in total. The van der Waals surface area contributed by atoms with Crippen LogP contribution in [0.4, 0.5) is 11.4 Å². The molecule has 0 radical (unpaired) electrons. The number of amides is 2. The molecule has 0 aliphatic rings. The highest BCUT2D eigenvalue weighted by molar-refractivity contribution is 5.95. The molecule has 36 heavy (non-hydrogen) atoms. The van der Waals surface area contributed by atoms with Gasteiger partial charge in [0.25, 0.3) is 11.8 Å². The lowest BCUT2D eigenvalue weighted by Crippen LogP contribution is -2.35. The van der Waals surface area contributed by atoms with E-state index in [1.165, 1.54) is 19.8 Å². The number of hydrogen-bond donors (Lipinski definition) is 2. The van der Waals surface area contributed by atoms with Gasteiger partial charge in [-0.25, -0.2) is 0 Å². The third-order valence-corrected chi connectivity index (χ3v) is 5.58. The van der Waals surface area contributed by atoms with Crippen molar-refractivity contribution in [2.75, 3.05) is 50.7 Å². The lowest BCUT2D eigenvalue weighted by atomic mass is 10.2. The number of para-hydroxylation sites is 2. The molecule has 0 aromatic heterocycles. The molecule has 0 atom stereocenters. The van der Waals surface area contributed by atoms with Gasteiger partial charge in [0, 0.05) is 30.9 Å². The van der Waals surface area contributed by atoms with Crippen molar-refractivity contribution >= 4 is 23.2 Å². The number of hydrogen-bond acceptors (Lipinski definition) is 6. The predicted molar refractivity (Wildman–Crippen MR) is 142 cm³/mol. The standard InChI is InChI=1S/C28H33N3O5/c1-5-31(22-10-8-9-20(2)17-22)16-15-29-28(33)21-13-14-25(26(18-21)35-4)36-19-27(32)30-23-11-6-7-12-24(23)34-3/h6-14,17-18H,5,15-16,19H2,1-4H3,(H,29,33)(H,30,32). The lowest BCUT2D eigenvalue weighted by molar-refractivity contribution is -0.118. The number of benzene rings is 3. The van der Waals surface area contributed by atoms with E-state index in [0.29, 0.717) is 41.6 Å². The summed E-state index contributed by atoms with van der Waals surface area (Å²) in [5.41, 5.74) is 3.32. The molecule has 8 heteroatoms. The van der Waals surface area contributed by atoms with Crippen LogP contribution < -0.4 is 29.7 Å². The van der Waals surface area contributed by atoms with Crippen LogP contribution in [-0.4, -0.2) is 52.3 Å². The fourth-order valence-corrected chi connectivity index (χ4v) is 3.71. The van der Waals surface area contributed by atoms with Crippen LogP contribution in [0, 0.1) is 6.92 Å². The maximum Gasteiger partial charge on any atom is 0.262 e. The van der Waals surface area contributed by atoms with Crippen molar-refractivity contribution in [1.29, 1.82) is 0 Å². The number of ether oxygens (including phenoxy) is 3. The fourth-order valence-electron chi connectivity index (χ4n) is 3.71. The van der Waals surface area contributed by atoms with Crippen LogP contribution >= 0.6 is 0 Å². The van der Waals surface area contributed by atoms with Gasteiger partial charge in [-0.15, -0.1) is 0 Å². The summed E-state index contributed by atoms with van der Waals surface area (Å²) in [7, 11) is 3.02. The zero-order valence-corrected chi connectivity index (χ0v) is 21.2. The normalized spacial score (nSPS) is 10.3. The van der Waals surface area contributed by atoms with Crippen molar-refractivity contribution in [2.45, 2.75) is 13.8 Å². The maximum absolute atomic E-state index is 12.7. The minimum atomic E-state index is -0.350. The second kappa shape index (κ2) is 13.0. The highest BCUT2D eigenvalue weighted by Gasteiger charge is 2.14. The number of carbonyl (C=O) groups excluding carboxylic acids is 2. The van der Waals surface area contributed by atoms with Crippen LogP contribution in [0.25, 0.3) is 0 Å². The summed E-state index contributed by atoms with van der Waals surface area (Å²) in [6, 6.07) is 20.3. The maximum atomic E-state index is 12.7. The Bertz CT molecular complexity index is 1180. The molecular formula is C28H33N3O5. The van der Waals surface area contributed by atoms with Crippen molar-refractivity contribution in [3.8, 4) is 17.2 Å². The molecule has 0 saturated carbocycles. The van der Waals surface area contributed by atoms with Crippen LogP contribution in [0.1, 0.15) is 22.8 Å². The van der Waals surface area contributed by atoms with Crippen molar-refractivity contribution in [2.24, 2.45) is 0 Å². The molecule has 0 heterocycles. The van der Waals surface area contributed by atoms with Gasteiger partial charge in [0.05, 0.1) is 19.9 Å². The van der Waals surface area contributed by atoms with Gasteiger partial charge in [-0.2, -0.15) is 0 Å². The zero-order chi connectivity index (χ0) is 25.9. The number of nitrogens with one attached hydrogen (secondary N) is 2. The Balaban J connectivity index is 1.54. The first kappa shape index (κ1) is 26.4. The minimum Gasteiger partial charge on any atom is -0.495 e. The van der Waals surface area contributed by atoms with Gasteiger partial charge in [0.2, 0.25) is 0 Å². The summed E-state index contributed by atoms with van der Waals surface area (Å²) in [5, 5.41) is 5.71. The zero-order valence-electron chi connectivity index (χ0n) is 21.2. The summed E-state index contributed by atoms with van der Waals surface area (Å²) in [6.45, 7) is 5.93. The molecule has 0 fully saturated rings. The van der Waals surface area contributed by atoms with Gasteiger partial charge in [0.1, 0.15) is 5.75 Å². The van der Waals surface area contributed by atoms with Crippen molar-refractivity contribution in [1.82, 2.24) is 5.32 Å². The van der Waals surface area contributed by atoms with Crippen LogP contribution in [0.15, 0.2) is 66.7 Å². The smallest absolute Gasteiger partial charge is 0.262 e. The van der Waals surface area contributed by atoms with Gasteiger partial charge in [-0.3, -0.25) is 9.59 Å². The van der Waals surface area contributed by atoms with Crippen molar-refractivity contribution in [3.05, 3.63) is 77.9 Å². The first-order valence-electron chi connectivity index (χ1n) is 11.8. The number of nitrogens with zero attached hydrogens (tertiary/aromatic N) is 1. The average Bonchev–Trinajstić information content (AvgIpc) is 2.90. The van der Waals surface area contributed by atoms with Gasteiger partial charge < -0.3 is 29.7 Å². The summed E-state index contributed by atoms with van der Waals surface area (Å²) in [5.74, 6) is 0.717. The van der Waals surface area contributed by atoms with E-state index < -0.39 is 0 Å². The summed E-state index contributed by atoms with van der Waals surface area (Å²) >= 11 is 0. The number of likely N-dealkylation sites (N-methyl/N-ethyl adjacent to an activating group) is 1. The van der Waals surface area contributed by atoms with Crippen LogP contribution in [-0.2, 0) is 4.79 Å². The van der Waals surface area contributed by atoms with Crippen molar-refractivity contribution < 1.29 is 23.8 Å². The SMILES string of the molecule is CCN(CCNC(=O)c1ccc(OCC(=O)Nc2ccccc2OC)c(OC)c1)c1cccc(C)c1. The number of anilines is 2. The Morgan fingerprint density at radius 3 is 2.39 bits per heavy atom. The molecule has 0 aliphatic heterocycles. The highest BCUT2D eigenvalue weighted by atomic mass is 16.5. The van der Waals surface area contributed by atoms with E-state index in [2.05, 4.69) is 47.6 Å². The third-order valence-electron chi connectivity index (χ3n) is 5.58. The highest BCUT2D eigenvalue weighted by Crippen LogP contribution is 2.28. The van der Waals surface area contributed by atoms with Gasteiger partial charge in [-0.1, -0.05) is 24.3 Å². The first-order chi connectivity index (χ1) is 17.4. The summed E-state index contributed by atoms with van der Waals surface area (Å²) in [6.07, 6.45) is 0. The largest absolute Gasteiger partial charge is 0.495 e. The van der Waals surface area contributed by atoms with Gasteiger partial charge in [0.15, 0.2) is 18.1 Å². The molecule has 0 unspecified atom stereocenters. The molecule has 0 saturated heterocycles. The van der Waals surface area contributed by atoms with Gasteiger partial charge in [-0.05, 0) is 61.9 Å². The topological polar surface area (TPSA) is 89.1 Å². The van der Waals surface area contributed by atoms with E-state index in [-0.39, 0.29) is 18.4 Å². The van der Waals surface area contributed by atoms with Crippen LogP contribution in [0.2, 0.25) is 0 Å². The van der Waals surface area contributed by atoms with Gasteiger partial charge >= 0.3 is 0 Å². The lowest BCUT2D eigenvalue weighted by Gasteiger charge is -2.23. The Kier molecular flexibility index (Phi) is 9.56. The number of rotatable bonds is 12. The Morgan fingerprint density at radius 1 is 0.889 bits per heavy atom. The van der Waals surface area contributed by atoms with E-state index in [0.717, 1.165) is 12.2 Å². The minimum absolute atomic E-state index is 0.214. The molecule has 0 bridgehead atoms. The molecule has 0 aliphatic carbocycles. The molecule has 2 amide bonds. The van der Waals surface area contributed by atoms with E-state index in [1.54, 1.807) is 36.4 Å². The van der Waals surface area contributed by atoms with Crippen LogP contribution in [0.3, 0.4) is 0 Å². The van der Waals surface area contributed by atoms with E-state index in [4.69, 9.17) is 14.2 Å². The predicted octanol–water partition coefficient (Wildman–Crippen LogP) is 4.29. The average molecular weight is 492 g/mol. The summed E-state index contributed by atoms with van der Waals surface area (Å²) < 4.78 is 16.3.